The van der Waals surface area contributed by atoms with Gasteiger partial charge in [-0.15, -0.1) is 0 Å². The highest BCUT2D eigenvalue weighted by molar-refractivity contribution is 6.32. The van der Waals surface area contributed by atoms with E-state index in [9.17, 15) is 4.79 Å². The van der Waals surface area contributed by atoms with E-state index in [1.165, 1.54) is 14.2 Å². The fourth-order valence-electron chi connectivity index (χ4n) is 3.12. The Balaban J connectivity index is 1.82. The highest BCUT2D eigenvalue weighted by atomic mass is 35.5. The highest BCUT2D eigenvalue weighted by Crippen LogP contribution is 2.36. The zero-order chi connectivity index (χ0) is 23.8. The molecular weight excluding hydrogens is 446 g/mol. The van der Waals surface area contributed by atoms with Crippen molar-refractivity contribution in [1.29, 1.82) is 0 Å². The minimum absolute atomic E-state index is 0.223. The second-order valence-electron chi connectivity index (χ2n) is 6.86. The van der Waals surface area contributed by atoms with Crippen LogP contribution >= 0.6 is 11.6 Å². The first-order valence-corrected chi connectivity index (χ1v) is 10.6. The summed E-state index contributed by atoms with van der Waals surface area (Å²) in [4.78, 5) is 13.0. The summed E-state index contributed by atoms with van der Waals surface area (Å²) in [5.41, 5.74) is 1.61. The van der Waals surface area contributed by atoms with Gasteiger partial charge < -0.3 is 29.0 Å². The molecule has 3 aromatic carbocycles. The lowest BCUT2D eigenvalue weighted by molar-refractivity contribution is 0.102. The Labute approximate surface area is 198 Å². The van der Waals surface area contributed by atoms with Crippen LogP contribution in [0, 0.1) is 0 Å². The first kappa shape index (κ1) is 24.1. The molecule has 0 aliphatic carbocycles. The van der Waals surface area contributed by atoms with Crippen molar-refractivity contribution in [2.75, 3.05) is 33.3 Å². The number of benzene rings is 3. The van der Waals surface area contributed by atoms with Crippen LogP contribution in [0.25, 0.3) is 0 Å². The number of methoxy groups -OCH3 is 3. The van der Waals surface area contributed by atoms with E-state index in [1.54, 1.807) is 37.4 Å². The van der Waals surface area contributed by atoms with E-state index in [2.05, 4.69) is 5.32 Å². The van der Waals surface area contributed by atoms with E-state index in [4.69, 9.17) is 35.3 Å². The molecule has 0 saturated heterocycles. The summed E-state index contributed by atoms with van der Waals surface area (Å²) in [5, 5.41) is 3.23. The molecule has 1 amide bonds. The Morgan fingerprint density at radius 2 is 1.52 bits per heavy atom. The maximum absolute atomic E-state index is 13.0. The van der Waals surface area contributed by atoms with Crippen LogP contribution < -0.4 is 29.0 Å². The van der Waals surface area contributed by atoms with Crippen molar-refractivity contribution in [2.24, 2.45) is 0 Å². The average molecular weight is 472 g/mol. The van der Waals surface area contributed by atoms with E-state index >= 15 is 0 Å². The van der Waals surface area contributed by atoms with E-state index in [-0.39, 0.29) is 12.5 Å². The molecule has 0 atom stereocenters. The summed E-state index contributed by atoms with van der Waals surface area (Å²) in [6.07, 6.45) is 0. The van der Waals surface area contributed by atoms with Crippen molar-refractivity contribution in [3.8, 4) is 28.7 Å². The molecule has 7 nitrogen and oxygen atoms in total. The first-order valence-electron chi connectivity index (χ1n) is 10.2. The summed E-state index contributed by atoms with van der Waals surface area (Å²) < 4.78 is 27.4. The number of carbonyl (C=O) groups is 1. The number of carbonyl (C=O) groups excluding carboxylic acids is 1. The summed E-state index contributed by atoms with van der Waals surface area (Å²) >= 11 is 6.15. The average Bonchev–Trinajstić information content (AvgIpc) is 2.84. The highest BCUT2D eigenvalue weighted by Gasteiger charge is 2.16. The molecule has 3 rings (SSSR count). The van der Waals surface area contributed by atoms with Crippen LogP contribution in [-0.4, -0.2) is 33.8 Å². The number of hydrogen-bond acceptors (Lipinski definition) is 6. The molecule has 0 unspecified atom stereocenters. The fourth-order valence-corrected chi connectivity index (χ4v) is 3.35. The molecular formula is C25H26ClNO6. The molecule has 0 aromatic heterocycles. The lowest BCUT2D eigenvalue weighted by Crippen LogP contribution is -2.14. The van der Waals surface area contributed by atoms with Crippen molar-refractivity contribution in [1.82, 2.24) is 0 Å². The Kier molecular flexibility index (Phi) is 8.27. The van der Waals surface area contributed by atoms with Crippen molar-refractivity contribution in [3.63, 3.8) is 0 Å². The lowest BCUT2D eigenvalue weighted by Gasteiger charge is -2.15. The third kappa shape index (κ3) is 6.02. The second kappa shape index (κ2) is 11.3. The molecule has 0 saturated carbocycles. The van der Waals surface area contributed by atoms with Gasteiger partial charge in [-0.2, -0.15) is 0 Å². The van der Waals surface area contributed by atoms with Crippen LogP contribution in [-0.2, 0) is 6.61 Å². The quantitative estimate of drug-likeness (QED) is 0.415. The molecule has 33 heavy (non-hydrogen) atoms. The van der Waals surface area contributed by atoms with Gasteiger partial charge in [-0.1, -0.05) is 11.6 Å². The van der Waals surface area contributed by atoms with Gasteiger partial charge in [0.25, 0.3) is 5.91 Å². The maximum atomic E-state index is 13.0. The summed E-state index contributed by atoms with van der Waals surface area (Å²) in [6.45, 7) is 2.61. The van der Waals surface area contributed by atoms with E-state index in [0.717, 1.165) is 11.3 Å². The van der Waals surface area contributed by atoms with Crippen molar-refractivity contribution in [2.45, 2.75) is 13.5 Å². The number of amides is 1. The van der Waals surface area contributed by atoms with Crippen molar-refractivity contribution >= 4 is 23.2 Å². The molecule has 174 valence electrons. The zero-order valence-corrected chi connectivity index (χ0v) is 19.7. The molecule has 0 aliphatic heterocycles. The zero-order valence-electron chi connectivity index (χ0n) is 18.9. The van der Waals surface area contributed by atoms with Crippen LogP contribution in [0.15, 0.2) is 54.6 Å². The van der Waals surface area contributed by atoms with E-state index in [1.807, 2.05) is 31.2 Å². The molecule has 8 heteroatoms. The standard InChI is InChI=1S/C25H26ClNO6/c1-5-32-22-11-6-16(12-17(22)15-33-19-9-7-18(29-2)8-10-19)25(28)27-21-14-23(30-3)20(26)13-24(21)31-4/h6-14H,5,15H2,1-4H3,(H,27,28). The van der Waals surface area contributed by atoms with Crippen LogP contribution in [0.3, 0.4) is 0 Å². The fraction of sp³-hybridized carbons (Fsp3) is 0.240. The number of hydrogen-bond donors (Lipinski definition) is 1. The van der Waals surface area contributed by atoms with E-state index in [0.29, 0.717) is 45.9 Å². The second-order valence-corrected chi connectivity index (χ2v) is 7.27. The predicted octanol–water partition coefficient (Wildman–Crippen LogP) is 5.60. The number of halogens is 1. The molecule has 0 bridgehead atoms. The Morgan fingerprint density at radius 1 is 0.818 bits per heavy atom. The molecule has 0 radical (unpaired) electrons. The molecule has 0 spiro atoms. The normalized spacial score (nSPS) is 10.3. The topological polar surface area (TPSA) is 75.3 Å². The van der Waals surface area contributed by atoms with Crippen LogP contribution in [0.4, 0.5) is 5.69 Å². The van der Waals surface area contributed by atoms with Gasteiger partial charge in [-0.05, 0) is 49.4 Å². The minimum Gasteiger partial charge on any atom is -0.497 e. The Hall–Kier alpha value is -3.58. The third-order valence-electron chi connectivity index (χ3n) is 4.80. The molecule has 1 N–H and O–H groups in total. The molecule has 0 heterocycles. The number of nitrogens with one attached hydrogen (secondary N) is 1. The molecule has 3 aromatic rings. The summed E-state index contributed by atoms with van der Waals surface area (Å²) in [7, 11) is 4.61. The van der Waals surface area contributed by atoms with Gasteiger partial charge in [-0.3, -0.25) is 4.79 Å². The summed E-state index contributed by atoms with van der Waals surface area (Å²) in [6, 6.07) is 15.6. The smallest absolute Gasteiger partial charge is 0.255 e. The predicted molar refractivity (Wildman–Crippen MR) is 127 cm³/mol. The Morgan fingerprint density at radius 3 is 2.15 bits per heavy atom. The van der Waals surface area contributed by atoms with Gasteiger partial charge in [0.2, 0.25) is 0 Å². The minimum atomic E-state index is -0.327. The first-order chi connectivity index (χ1) is 16.0. The third-order valence-corrected chi connectivity index (χ3v) is 5.09. The monoisotopic (exact) mass is 471 g/mol. The van der Waals surface area contributed by atoms with Gasteiger partial charge in [0, 0.05) is 23.3 Å². The molecule has 0 aliphatic rings. The van der Waals surface area contributed by atoms with Crippen molar-refractivity contribution in [3.05, 3.63) is 70.7 Å². The Bertz CT molecular complexity index is 1100. The summed E-state index contributed by atoms with van der Waals surface area (Å²) in [5.74, 6) is 2.58. The van der Waals surface area contributed by atoms with Gasteiger partial charge >= 0.3 is 0 Å². The number of anilines is 1. The number of ether oxygens (including phenoxy) is 5. The van der Waals surface area contributed by atoms with Crippen LogP contribution in [0.2, 0.25) is 5.02 Å². The van der Waals surface area contributed by atoms with Crippen molar-refractivity contribution < 1.29 is 28.5 Å². The maximum Gasteiger partial charge on any atom is 0.255 e. The van der Waals surface area contributed by atoms with E-state index < -0.39 is 0 Å². The van der Waals surface area contributed by atoms with Gasteiger partial charge in [0.15, 0.2) is 0 Å². The van der Waals surface area contributed by atoms with Crippen LogP contribution in [0.5, 0.6) is 28.7 Å². The lowest BCUT2D eigenvalue weighted by atomic mass is 10.1. The van der Waals surface area contributed by atoms with Crippen LogP contribution in [0.1, 0.15) is 22.8 Å². The SMILES string of the molecule is CCOc1ccc(C(=O)Nc2cc(OC)c(Cl)cc2OC)cc1COc1ccc(OC)cc1. The van der Waals surface area contributed by atoms with Gasteiger partial charge in [0.05, 0.1) is 38.6 Å². The largest absolute Gasteiger partial charge is 0.497 e. The van der Waals surface area contributed by atoms with Gasteiger partial charge in [0.1, 0.15) is 35.4 Å². The van der Waals surface area contributed by atoms with Gasteiger partial charge in [-0.25, -0.2) is 0 Å². The molecule has 0 fully saturated rings. The number of rotatable bonds is 10.